The van der Waals surface area contributed by atoms with Crippen molar-refractivity contribution in [1.29, 1.82) is 0 Å². The Bertz CT molecular complexity index is 347. The highest BCUT2D eigenvalue weighted by Gasteiger charge is 2.10. The van der Waals surface area contributed by atoms with Gasteiger partial charge in [-0.2, -0.15) is 0 Å². The average molecular weight is 337 g/mol. The number of halogens is 1. The van der Waals surface area contributed by atoms with Crippen molar-refractivity contribution in [2.24, 2.45) is 0 Å². The van der Waals surface area contributed by atoms with Crippen LogP contribution in [-0.4, -0.2) is 37.8 Å². The Hall–Kier alpha value is -0.470. The SMILES string of the molecule is CNc1nc(CCOC)nc(COC)c1I. The molecule has 16 heavy (non-hydrogen) atoms. The van der Waals surface area contributed by atoms with Gasteiger partial charge in [0.05, 0.1) is 22.5 Å². The number of nitrogens with zero attached hydrogens (tertiary/aromatic N) is 2. The first-order valence-corrected chi connectivity index (χ1v) is 6.01. The van der Waals surface area contributed by atoms with E-state index in [2.05, 4.69) is 37.9 Å². The maximum atomic E-state index is 5.11. The molecule has 1 aromatic heterocycles. The fourth-order valence-electron chi connectivity index (χ4n) is 1.25. The summed E-state index contributed by atoms with van der Waals surface area (Å²) < 4.78 is 11.1. The molecule has 1 rings (SSSR count). The van der Waals surface area contributed by atoms with Gasteiger partial charge in [-0.3, -0.25) is 0 Å². The Labute approximate surface area is 109 Å². The monoisotopic (exact) mass is 337 g/mol. The predicted molar refractivity (Wildman–Crippen MR) is 70.6 cm³/mol. The van der Waals surface area contributed by atoms with E-state index in [1.807, 2.05) is 7.05 Å². The molecule has 0 aliphatic rings. The van der Waals surface area contributed by atoms with Crippen LogP contribution >= 0.6 is 22.6 Å². The second-order valence-corrected chi connectivity index (χ2v) is 4.25. The largest absolute Gasteiger partial charge is 0.384 e. The van der Waals surface area contributed by atoms with E-state index in [0.29, 0.717) is 19.6 Å². The number of rotatable bonds is 6. The summed E-state index contributed by atoms with van der Waals surface area (Å²) in [6.07, 6.45) is 0.707. The minimum absolute atomic E-state index is 0.495. The highest BCUT2D eigenvalue weighted by molar-refractivity contribution is 14.1. The van der Waals surface area contributed by atoms with Crippen molar-refractivity contribution in [2.75, 3.05) is 33.2 Å². The molecule has 90 valence electrons. The van der Waals surface area contributed by atoms with Gasteiger partial charge in [0.25, 0.3) is 0 Å². The van der Waals surface area contributed by atoms with Crippen LogP contribution in [0.4, 0.5) is 5.82 Å². The molecule has 1 N–H and O–H groups in total. The summed E-state index contributed by atoms with van der Waals surface area (Å²) in [5.41, 5.74) is 0.911. The molecule has 0 aliphatic heterocycles. The Morgan fingerprint density at radius 2 is 2.00 bits per heavy atom. The first-order valence-electron chi connectivity index (χ1n) is 4.93. The zero-order valence-electron chi connectivity index (χ0n) is 9.71. The van der Waals surface area contributed by atoms with Crippen LogP contribution in [0.1, 0.15) is 11.5 Å². The van der Waals surface area contributed by atoms with Crippen LogP contribution in [0.15, 0.2) is 0 Å². The molecule has 0 aromatic carbocycles. The Morgan fingerprint density at radius 1 is 1.25 bits per heavy atom. The van der Waals surface area contributed by atoms with E-state index in [4.69, 9.17) is 9.47 Å². The van der Waals surface area contributed by atoms with Crippen molar-refractivity contribution >= 4 is 28.4 Å². The maximum Gasteiger partial charge on any atom is 0.143 e. The highest BCUT2D eigenvalue weighted by Crippen LogP contribution is 2.19. The topological polar surface area (TPSA) is 56.3 Å². The van der Waals surface area contributed by atoms with Crippen molar-refractivity contribution in [1.82, 2.24) is 9.97 Å². The van der Waals surface area contributed by atoms with Crippen molar-refractivity contribution in [3.8, 4) is 0 Å². The molecule has 0 radical (unpaired) electrons. The van der Waals surface area contributed by atoms with Crippen LogP contribution in [-0.2, 0) is 22.5 Å². The second kappa shape index (κ2) is 6.97. The molecule has 0 fully saturated rings. The quantitative estimate of drug-likeness (QED) is 0.797. The van der Waals surface area contributed by atoms with Crippen LogP contribution in [0.5, 0.6) is 0 Å². The van der Waals surface area contributed by atoms with Gasteiger partial charge in [-0.05, 0) is 22.6 Å². The van der Waals surface area contributed by atoms with Gasteiger partial charge in [0.2, 0.25) is 0 Å². The molecule has 0 aliphatic carbocycles. The Kier molecular flexibility index (Phi) is 5.93. The van der Waals surface area contributed by atoms with Crippen LogP contribution in [0, 0.1) is 3.57 Å². The first-order chi connectivity index (χ1) is 7.72. The number of hydrogen-bond donors (Lipinski definition) is 1. The summed E-state index contributed by atoms with van der Waals surface area (Å²) in [5.74, 6) is 1.62. The fourth-order valence-corrected chi connectivity index (χ4v) is 1.91. The van der Waals surface area contributed by atoms with E-state index in [9.17, 15) is 0 Å². The standard InChI is InChI=1S/C10H16IN3O2/c1-12-10-9(11)7(6-16-3)13-8(14-10)4-5-15-2/h4-6H2,1-3H3,(H,12,13,14). The van der Waals surface area contributed by atoms with Crippen molar-refractivity contribution < 1.29 is 9.47 Å². The molecular weight excluding hydrogens is 321 g/mol. The van der Waals surface area contributed by atoms with Gasteiger partial charge in [-0.1, -0.05) is 0 Å². The number of ether oxygens (including phenoxy) is 2. The van der Waals surface area contributed by atoms with Gasteiger partial charge in [-0.25, -0.2) is 9.97 Å². The minimum Gasteiger partial charge on any atom is -0.384 e. The third-order valence-corrected chi connectivity index (χ3v) is 3.15. The van der Waals surface area contributed by atoms with E-state index < -0.39 is 0 Å². The number of hydrogen-bond acceptors (Lipinski definition) is 5. The molecule has 0 amide bonds. The van der Waals surface area contributed by atoms with Crippen molar-refractivity contribution in [3.63, 3.8) is 0 Å². The van der Waals surface area contributed by atoms with Gasteiger partial charge in [-0.15, -0.1) is 0 Å². The molecule has 0 atom stereocenters. The van der Waals surface area contributed by atoms with Gasteiger partial charge >= 0.3 is 0 Å². The summed E-state index contributed by atoms with van der Waals surface area (Å²) in [6, 6.07) is 0. The minimum atomic E-state index is 0.495. The maximum absolute atomic E-state index is 5.11. The lowest BCUT2D eigenvalue weighted by atomic mass is 10.3. The van der Waals surface area contributed by atoms with Crippen LogP contribution in [0.2, 0.25) is 0 Å². The van der Waals surface area contributed by atoms with Crippen molar-refractivity contribution in [2.45, 2.75) is 13.0 Å². The van der Waals surface area contributed by atoms with Crippen LogP contribution < -0.4 is 5.32 Å². The van der Waals surface area contributed by atoms with Crippen LogP contribution in [0.25, 0.3) is 0 Å². The fraction of sp³-hybridized carbons (Fsp3) is 0.600. The zero-order chi connectivity index (χ0) is 12.0. The summed E-state index contributed by atoms with van der Waals surface area (Å²) in [5, 5.41) is 3.06. The molecule has 1 heterocycles. The van der Waals surface area contributed by atoms with E-state index >= 15 is 0 Å². The molecule has 0 bridgehead atoms. The molecule has 5 nitrogen and oxygen atoms in total. The highest BCUT2D eigenvalue weighted by atomic mass is 127. The molecule has 0 saturated carbocycles. The van der Waals surface area contributed by atoms with E-state index in [1.54, 1.807) is 14.2 Å². The van der Waals surface area contributed by atoms with Crippen LogP contribution in [0.3, 0.4) is 0 Å². The van der Waals surface area contributed by atoms with Gasteiger partial charge in [0.1, 0.15) is 11.6 Å². The Balaban J connectivity index is 2.97. The van der Waals surface area contributed by atoms with E-state index in [1.165, 1.54) is 0 Å². The number of nitrogens with one attached hydrogen (secondary N) is 1. The summed E-state index contributed by atoms with van der Waals surface area (Å²) in [7, 11) is 5.18. The van der Waals surface area contributed by atoms with Gasteiger partial charge in [0, 0.05) is 27.7 Å². The summed E-state index contributed by atoms with van der Waals surface area (Å²) in [6.45, 7) is 1.12. The van der Waals surface area contributed by atoms with E-state index in [0.717, 1.165) is 20.9 Å². The lowest BCUT2D eigenvalue weighted by Gasteiger charge is -2.10. The lowest BCUT2D eigenvalue weighted by molar-refractivity contribution is 0.179. The summed E-state index contributed by atoms with van der Waals surface area (Å²) in [4.78, 5) is 8.85. The zero-order valence-corrected chi connectivity index (χ0v) is 11.9. The molecule has 1 aromatic rings. The molecule has 0 unspecified atom stereocenters. The van der Waals surface area contributed by atoms with Gasteiger partial charge < -0.3 is 14.8 Å². The third-order valence-electron chi connectivity index (χ3n) is 2.01. The smallest absolute Gasteiger partial charge is 0.143 e. The van der Waals surface area contributed by atoms with E-state index in [-0.39, 0.29) is 0 Å². The average Bonchev–Trinajstić information content (AvgIpc) is 2.30. The molecule has 0 saturated heterocycles. The molecule has 0 spiro atoms. The normalized spacial score (nSPS) is 10.5. The molecular formula is C10H16IN3O2. The van der Waals surface area contributed by atoms with Crippen molar-refractivity contribution in [3.05, 3.63) is 15.1 Å². The Morgan fingerprint density at radius 3 is 2.56 bits per heavy atom. The predicted octanol–water partition coefficient (Wildman–Crippen LogP) is 1.46. The number of anilines is 1. The molecule has 6 heteroatoms. The van der Waals surface area contributed by atoms with Gasteiger partial charge in [0.15, 0.2) is 0 Å². The summed E-state index contributed by atoms with van der Waals surface area (Å²) >= 11 is 2.22. The lowest BCUT2D eigenvalue weighted by Crippen LogP contribution is -2.10. The number of aromatic nitrogens is 2. The first kappa shape index (κ1) is 13.6. The number of methoxy groups -OCH3 is 2. The third kappa shape index (κ3) is 3.53. The second-order valence-electron chi connectivity index (χ2n) is 3.17.